The van der Waals surface area contributed by atoms with Crippen LogP contribution in [0.4, 0.5) is 5.13 Å². The van der Waals surface area contributed by atoms with E-state index in [-0.39, 0.29) is 18.6 Å². The highest BCUT2D eigenvalue weighted by atomic mass is 35.5. The number of anilines is 1. The quantitative estimate of drug-likeness (QED) is 0.483. The molecule has 1 fully saturated rings. The van der Waals surface area contributed by atoms with Gasteiger partial charge in [-0.25, -0.2) is 9.67 Å². The van der Waals surface area contributed by atoms with Crippen LogP contribution in [0.15, 0.2) is 42.5 Å². The maximum absolute atomic E-state index is 13.3. The second-order valence-corrected chi connectivity index (χ2v) is 8.43. The monoisotopic (exact) mass is 427 g/mol. The largest absolute Gasteiger partial charge is 0.376 e. The van der Waals surface area contributed by atoms with Gasteiger partial charge in [0.2, 0.25) is 0 Å². The van der Waals surface area contributed by atoms with E-state index < -0.39 is 0 Å². The molecule has 7 nitrogen and oxygen atoms in total. The first-order valence-corrected chi connectivity index (χ1v) is 10.6. The van der Waals surface area contributed by atoms with Gasteiger partial charge in [0.15, 0.2) is 5.13 Å². The number of hydrogen-bond donors (Lipinski definition) is 0. The molecule has 9 heteroatoms. The van der Waals surface area contributed by atoms with E-state index in [1.54, 1.807) is 15.6 Å². The van der Waals surface area contributed by atoms with Gasteiger partial charge in [0, 0.05) is 11.6 Å². The van der Waals surface area contributed by atoms with Gasteiger partial charge < -0.3 is 4.74 Å². The molecule has 1 aliphatic rings. The fraction of sp³-hybridized carbons (Fsp3) is 0.300. The van der Waals surface area contributed by atoms with Crippen LogP contribution in [0.1, 0.15) is 12.8 Å². The lowest BCUT2D eigenvalue weighted by Crippen LogP contribution is -2.39. The van der Waals surface area contributed by atoms with Gasteiger partial charge in [-0.15, -0.1) is 5.10 Å². The van der Waals surface area contributed by atoms with E-state index >= 15 is 0 Å². The summed E-state index contributed by atoms with van der Waals surface area (Å²) in [5, 5.41) is 9.59. The number of carbonyl (C=O) groups excluding carboxylic acids is 1. The number of rotatable bonds is 5. The summed E-state index contributed by atoms with van der Waals surface area (Å²) in [6, 6.07) is 13.2. The van der Waals surface area contributed by atoms with Crippen LogP contribution in [0.3, 0.4) is 0 Å². The van der Waals surface area contributed by atoms with Crippen molar-refractivity contribution in [1.82, 2.24) is 20.0 Å². The highest BCUT2D eigenvalue weighted by molar-refractivity contribution is 7.22. The Morgan fingerprint density at radius 2 is 2.17 bits per heavy atom. The van der Waals surface area contributed by atoms with Crippen molar-refractivity contribution in [3.8, 4) is 0 Å². The standard InChI is InChI=1S/C20H18ClN5O2S/c21-13-7-8-16-18(10-13)29-20(22-16)25(11-14-4-3-9-28-14)19(27)12-26-17-6-2-1-5-15(17)23-24-26/h1-2,5-8,10,14H,3-4,9,11-12H2. The average molecular weight is 428 g/mol. The van der Waals surface area contributed by atoms with E-state index in [9.17, 15) is 4.79 Å². The van der Waals surface area contributed by atoms with Gasteiger partial charge in [0.25, 0.3) is 5.91 Å². The van der Waals surface area contributed by atoms with Crippen molar-refractivity contribution in [2.24, 2.45) is 0 Å². The molecule has 148 valence electrons. The second-order valence-electron chi connectivity index (χ2n) is 6.98. The number of para-hydroxylation sites is 1. The Morgan fingerprint density at radius 1 is 1.28 bits per heavy atom. The molecule has 0 N–H and O–H groups in total. The topological polar surface area (TPSA) is 73.1 Å². The molecule has 5 rings (SSSR count). The van der Waals surface area contributed by atoms with Crippen molar-refractivity contribution in [2.75, 3.05) is 18.1 Å². The molecule has 0 aliphatic carbocycles. The number of fused-ring (bicyclic) bond motifs is 2. The maximum atomic E-state index is 13.3. The Kier molecular flexibility index (Phi) is 4.91. The summed E-state index contributed by atoms with van der Waals surface area (Å²) in [4.78, 5) is 19.7. The highest BCUT2D eigenvalue weighted by Crippen LogP contribution is 2.32. The van der Waals surface area contributed by atoms with E-state index in [4.69, 9.17) is 16.3 Å². The molecule has 1 saturated heterocycles. The molecule has 2 aromatic heterocycles. The van der Waals surface area contributed by atoms with E-state index in [0.717, 1.165) is 40.7 Å². The van der Waals surface area contributed by atoms with Crippen molar-refractivity contribution in [2.45, 2.75) is 25.5 Å². The molecule has 29 heavy (non-hydrogen) atoms. The first-order chi connectivity index (χ1) is 14.2. The van der Waals surface area contributed by atoms with Crippen molar-refractivity contribution in [3.63, 3.8) is 0 Å². The van der Waals surface area contributed by atoms with Gasteiger partial charge in [-0.1, -0.05) is 40.3 Å². The van der Waals surface area contributed by atoms with E-state index in [2.05, 4.69) is 15.3 Å². The second kappa shape index (κ2) is 7.70. The number of amides is 1. The number of carbonyl (C=O) groups is 1. The lowest BCUT2D eigenvalue weighted by Gasteiger charge is -2.23. The smallest absolute Gasteiger partial charge is 0.250 e. The minimum Gasteiger partial charge on any atom is -0.376 e. The van der Waals surface area contributed by atoms with Gasteiger partial charge in [0.05, 0.1) is 28.4 Å². The van der Waals surface area contributed by atoms with Crippen LogP contribution in [0.5, 0.6) is 0 Å². The SMILES string of the molecule is O=C(Cn1nnc2ccccc21)N(CC1CCCO1)c1nc2ccc(Cl)cc2s1. The third-order valence-electron chi connectivity index (χ3n) is 4.99. The molecule has 0 radical (unpaired) electrons. The average Bonchev–Trinajstić information content (AvgIpc) is 3.46. The summed E-state index contributed by atoms with van der Waals surface area (Å²) in [6.45, 7) is 1.29. The summed E-state index contributed by atoms with van der Waals surface area (Å²) >= 11 is 7.57. The third kappa shape index (κ3) is 3.71. The summed E-state index contributed by atoms with van der Waals surface area (Å²) in [5.74, 6) is -0.0960. The lowest BCUT2D eigenvalue weighted by atomic mass is 10.2. The zero-order valence-corrected chi connectivity index (χ0v) is 17.1. The third-order valence-corrected chi connectivity index (χ3v) is 6.26. The molecular weight excluding hydrogens is 410 g/mol. The molecule has 0 spiro atoms. The fourth-order valence-electron chi connectivity index (χ4n) is 3.53. The summed E-state index contributed by atoms with van der Waals surface area (Å²) in [6.07, 6.45) is 1.96. The first kappa shape index (κ1) is 18.5. The van der Waals surface area contributed by atoms with E-state index in [0.29, 0.717) is 16.7 Å². The predicted molar refractivity (Wildman–Crippen MR) is 113 cm³/mol. The van der Waals surface area contributed by atoms with E-state index in [1.807, 2.05) is 36.4 Å². The Hall–Kier alpha value is -2.55. The van der Waals surface area contributed by atoms with Gasteiger partial charge in [-0.3, -0.25) is 9.69 Å². The predicted octanol–water partition coefficient (Wildman–Crippen LogP) is 3.91. The van der Waals surface area contributed by atoms with Crippen LogP contribution in [-0.2, 0) is 16.1 Å². The van der Waals surface area contributed by atoms with Gasteiger partial charge in [-0.05, 0) is 43.2 Å². The number of hydrogen-bond acceptors (Lipinski definition) is 6. The molecule has 1 amide bonds. The molecular formula is C20H18ClN5O2S. The number of halogens is 1. The summed E-state index contributed by atoms with van der Waals surface area (Å²) in [5.41, 5.74) is 2.42. The summed E-state index contributed by atoms with van der Waals surface area (Å²) < 4.78 is 8.36. The molecule has 2 aromatic carbocycles. The summed E-state index contributed by atoms with van der Waals surface area (Å²) in [7, 11) is 0. The number of benzene rings is 2. The molecule has 1 aliphatic heterocycles. The number of ether oxygens (including phenoxy) is 1. The minimum absolute atomic E-state index is 0.0158. The van der Waals surface area contributed by atoms with Crippen LogP contribution in [-0.4, -0.2) is 45.1 Å². The van der Waals surface area contributed by atoms with Crippen molar-refractivity contribution < 1.29 is 9.53 Å². The molecule has 3 heterocycles. The Morgan fingerprint density at radius 3 is 3.03 bits per heavy atom. The van der Waals surface area contributed by atoms with Crippen molar-refractivity contribution in [3.05, 3.63) is 47.5 Å². The number of aromatic nitrogens is 4. The lowest BCUT2D eigenvalue weighted by molar-refractivity contribution is -0.119. The molecule has 1 unspecified atom stereocenters. The molecule has 1 atom stereocenters. The van der Waals surface area contributed by atoms with Crippen LogP contribution >= 0.6 is 22.9 Å². The molecule has 0 saturated carbocycles. The van der Waals surface area contributed by atoms with E-state index in [1.165, 1.54) is 11.3 Å². The Labute approximate surface area is 175 Å². The van der Waals surface area contributed by atoms with Crippen LogP contribution in [0, 0.1) is 0 Å². The Balaban J connectivity index is 1.47. The van der Waals surface area contributed by atoms with Gasteiger partial charge in [-0.2, -0.15) is 0 Å². The van der Waals surface area contributed by atoms with Gasteiger partial charge in [0.1, 0.15) is 12.1 Å². The zero-order chi connectivity index (χ0) is 19.8. The number of thiazole rings is 1. The Bertz CT molecular complexity index is 1180. The van der Waals surface area contributed by atoms with Crippen LogP contribution in [0.25, 0.3) is 21.3 Å². The fourth-order valence-corrected chi connectivity index (χ4v) is 4.80. The van der Waals surface area contributed by atoms with Crippen molar-refractivity contribution >= 4 is 55.2 Å². The zero-order valence-electron chi connectivity index (χ0n) is 15.5. The normalized spacial score (nSPS) is 16.7. The van der Waals surface area contributed by atoms with Crippen molar-refractivity contribution in [1.29, 1.82) is 0 Å². The number of nitrogens with zero attached hydrogens (tertiary/aromatic N) is 5. The first-order valence-electron chi connectivity index (χ1n) is 9.44. The maximum Gasteiger partial charge on any atom is 0.250 e. The van der Waals surface area contributed by atoms with Crippen LogP contribution < -0.4 is 4.90 Å². The van der Waals surface area contributed by atoms with Gasteiger partial charge >= 0.3 is 0 Å². The van der Waals surface area contributed by atoms with Crippen LogP contribution in [0.2, 0.25) is 5.02 Å². The minimum atomic E-state index is -0.0960. The highest BCUT2D eigenvalue weighted by Gasteiger charge is 2.27. The molecule has 0 bridgehead atoms. The molecule has 4 aromatic rings.